The van der Waals surface area contributed by atoms with Crippen LogP contribution in [0.5, 0.6) is 0 Å². The normalized spacial score (nSPS) is 13.2. The van der Waals surface area contributed by atoms with Gasteiger partial charge < -0.3 is 10.8 Å². The number of hydrogen-bond donors (Lipinski definition) is 3. The fraction of sp³-hybridized carbons (Fsp3) is 0.200. The van der Waals surface area contributed by atoms with E-state index < -0.39 is 16.1 Å². The molecule has 0 saturated carbocycles. The third-order valence-electron chi connectivity index (χ3n) is 3.55. The number of anilines is 1. The zero-order valence-corrected chi connectivity index (χ0v) is 14.4. The van der Waals surface area contributed by atoms with Gasteiger partial charge in [-0.3, -0.25) is 5.32 Å². The Bertz CT molecular complexity index is 968. The second-order valence-corrected chi connectivity index (χ2v) is 8.38. The first-order valence-corrected chi connectivity index (χ1v) is 9.77. The quantitative estimate of drug-likeness (QED) is 0.586. The second kappa shape index (κ2) is 6.44. The third kappa shape index (κ3) is 3.39. The largest absolute Gasteiger partial charge is 0.397 e. The first-order valence-electron chi connectivity index (χ1n) is 7.06. The van der Waals surface area contributed by atoms with Crippen molar-refractivity contribution >= 4 is 37.1 Å². The van der Waals surface area contributed by atoms with Crippen LogP contribution < -0.4 is 11.1 Å². The lowest BCUT2D eigenvalue weighted by atomic mass is 10.2. The van der Waals surface area contributed by atoms with Gasteiger partial charge in [0.1, 0.15) is 11.1 Å². The lowest BCUT2D eigenvalue weighted by Gasteiger charge is -2.12. The van der Waals surface area contributed by atoms with Gasteiger partial charge >= 0.3 is 0 Å². The molecular formula is C15H16N4O3S2. The van der Waals surface area contributed by atoms with Gasteiger partial charge in [0.2, 0.25) is 0 Å². The maximum absolute atomic E-state index is 11.4. The summed E-state index contributed by atoms with van der Waals surface area (Å²) in [4.78, 5) is 1.51. The molecule has 3 aromatic rings. The SMILES string of the molecule is CS(=O)(=O)c1ccc(CNC(O)c2sc3nnccc3c2N)cc1. The molecule has 0 aliphatic carbocycles. The van der Waals surface area contributed by atoms with Crippen LogP contribution in [0.4, 0.5) is 5.69 Å². The van der Waals surface area contributed by atoms with Gasteiger partial charge in [-0.15, -0.1) is 16.4 Å². The highest BCUT2D eigenvalue weighted by Crippen LogP contribution is 2.35. The molecule has 0 amide bonds. The van der Waals surface area contributed by atoms with Gasteiger partial charge in [-0.1, -0.05) is 12.1 Å². The van der Waals surface area contributed by atoms with Crippen molar-refractivity contribution in [2.75, 3.05) is 12.0 Å². The van der Waals surface area contributed by atoms with E-state index in [-0.39, 0.29) is 4.90 Å². The number of aliphatic hydroxyl groups excluding tert-OH is 1. The van der Waals surface area contributed by atoms with Crippen LogP contribution in [-0.4, -0.2) is 30.0 Å². The Kier molecular flexibility index (Phi) is 4.50. The molecule has 9 heteroatoms. The number of nitrogens with one attached hydrogen (secondary N) is 1. The number of rotatable bonds is 5. The number of aromatic nitrogens is 2. The van der Waals surface area contributed by atoms with Crippen molar-refractivity contribution in [3.8, 4) is 0 Å². The molecule has 7 nitrogen and oxygen atoms in total. The topological polar surface area (TPSA) is 118 Å². The number of fused-ring (bicyclic) bond motifs is 1. The van der Waals surface area contributed by atoms with Crippen molar-refractivity contribution in [3.05, 3.63) is 47.0 Å². The van der Waals surface area contributed by atoms with Crippen LogP contribution in [0.25, 0.3) is 10.2 Å². The summed E-state index contributed by atoms with van der Waals surface area (Å²) in [5, 5.41) is 21.8. The van der Waals surface area contributed by atoms with E-state index in [0.29, 0.717) is 21.9 Å². The molecule has 0 aliphatic heterocycles. The number of nitrogen functional groups attached to an aromatic ring is 1. The summed E-state index contributed by atoms with van der Waals surface area (Å²) < 4.78 is 22.9. The molecule has 126 valence electrons. The average molecular weight is 364 g/mol. The molecule has 1 aromatic carbocycles. The van der Waals surface area contributed by atoms with Crippen LogP contribution in [0.3, 0.4) is 0 Å². The van der Waals surface area contributed by atoms with Gasteiger partial charge in [-0.05, 0) is 23.8 Å². The number of thiophene rings is 1. The third-order valence-corrected chi connectivity index (χ3v) is 5.83. The molecule has 0 saturated heterocycles. The Hall–Kier alpha value is -2.07. The minimum Gasteiger partial charge on any atom is -0.397 e. The Labute approximate surface area is 143 Å². The maximum Gasteiger partial charge on any atom is 0.175 e. The summed E-state index contributed by atoms with van der Waals surface area (Å²) >= 11 is 1.28. The van der Waals surface area contributed by atoms with Gasteiger partial charge in [-0.25, -0.2) is 8.42 Å². The zero-order valence-electron chi connectivity index (χ0n) is 12.8. The van der Waals surface area contributed by atoms with Crippen LogP contribution in [0, 0.1) is 0 Å². The Morgan fingerprint density at radius 1 is 1.29 bits per heavy atom. The van der Waals surface area contributed by atoms with E-state index in [0.717, 1.165) is 17.2 Å². The maximum atomic E-state index is 11.4. The van der Waals surface area contributed by atoms with Crippen LogP contribution in [-0.2, 0) is 16.4 Å². The number of aliphatic hydroxyl groups is 1. The lowest BCUT2D eigenvalue weighted by Crippen LogP contribution is -2.20. The molecule has 2 aromatic heterocycles. The Morgan fingerprint density at radius 2 is 2.00 bits per heavy atom. The van der Waals surface area contributed by atoms with Crippen molar-refractivity contribution in [2.45, 2.75) is 17.7 Å². The smallest absolute Gasteiger partial charge is 0.175 e. The highest BCUT2D eigenvalue weighted by atomic mass is 32.2. The van der Waals surface area contributed by atoms with E-state index >= 15 is 0 Å². The molecule has 0 fully saturated rings. The van der Waals surface area contributed by atoms with Gasteiger partial charge in [0.15, 0.2) is 9.84 Å². The second-order valence-electron chi connectivity index (χ2n) is 5.33. The highest BCUT2D eigenvalue weighted by Gasteiger charge is 2.17. The lowest BCUT2D eigenvalue weighted by molar-refractivity contribution is 0.141. The molecule has 0 bridgehead atoms. The highest BCUT2D eigenvalue weighted by molar-refractivity contribution is 7.90. The van der Waals surface area contributed by atoms with Gasteiger partial charge in [0.25, 0.3) is 0 Å². The fourth-order valence-corrected chi connectivity index (χ4v) is 3.89. The van der Waals surface area contributed by atoms with Crippen molar-refractivity contribution in [1.29, 1.82) is 0 Å². The molecule has 0 spiro atoms. The van der Waals surface area contributed by atoms with E-state index in [1.54, 1.807) is 36.5 Å². The van der Waals surface area contributed by atoms with Crippen molar-refractivity contribution in [1.82, 2.24) is 15.5 Å². The average Bonchev–Trinajstić information content (AvgIpc) is 2.90. The standard InChI is InChI=1S/C15H16N4O3S2/c1-24(21,22)10-4-2-9(3-5-10)8-17-14(20)13-12(16)11-6-7-18-19-15(11)23-13/h2-7,14,17,20H,8,16H2,1H3. The monoisotopic (exact) mass is 364 g/mol. The Morgan fingerprint density at radius 3 is 2.62 bits per heavy atom. The first-order chi connectivity index (χ1) is 11.4. The number of benzene rings is 1. The molecular weight excluding hydrogens is 348 g/mol. The molecule has 0 radical (unpaired) electrons. The predicted octanol–water partition coefficient (Wildman–Crippen LogP) is 1.46. The molecule has 4 N–H and O–H groups in total. The van der Waals surface area contributed by atoms with Crippen LogP contribution >= 0.6 is 11.3 Å². The summed E-state index contributed by atoms with van der Waals surface area (Å²) in [6, 6.07) is 8.25. The van der Waals surface area contributed by atoms with E-state index in [1.165, 1.54) is 11.3 Å². The van der Waals surface area contributed by atoms with Gasteiger partial charge in [-0.2, -0.15) is 5.10 Å². The van der Waals surface area contributed by atoms with Crippen LogP contribution in [0.1, 0.15) is 16.7 Å². The van der Waals surface area contributed by atoms with E-state index in [2.05, 4.69) is 15.5 Å². The fourth-order valence-electron chi connectivity index (χ4n) is 2.26. The minimum atomic E-state index is -3.21. The number of nitrogens with zero attached hydrogens (tertiary/aromatic N) is 2. The number of nitrogens with two attached hydrogens (primary N) is 1. The molecule has 24 heavy (non-hydrogen) atoms. The molecule has 1 atom stereocenters. The first kappa shape index (κ1) is 16.8. The molecule has 1 unspecified atom stereocenters. The summed E-state index contributed by atoms with van der Waals surface area (Å²) in [5.74, 6) is 0. The van der Waals surface area contributed by atoms with Crippen molar-refractivity contribution < 1.29 is 13.5 Å². The van der Waals surface area contributed by atoms with Gasteiger partial charge in [0.05, 0.1) is 21.7 Å². The van der Waals surface area contributed by atoms with Gasteiger partial charge in [0, 0.05) is 18.2 Å². The van der Waals surface area contributed by atoms with E-state index in [1.807, 2.05) is 0 Å². The Balaban J connectivity index is 1.73. The summed E-state index contributed by atoms with van der Waals surface area (Å²) in [5.41, 5.74) is 7.38. The number of sulfone groups is 1. The predicted molar refractivity (Wildman–Crippen MR) is 93.2 cm³/mol. The van der Waals surface area contributed by atoms with Crippen LogP contribution in [0.2, 0.25) is 0 Å². The number of hydrogen-bond acceptors (Lipinski definition) is 8. The van der Waals surface area contributed by atoms with Crippen LogP contribution in [0.15, 0.2) is 41.4 Å². The summed E-state index contributed by atoms with van der Waals surface area (Å²) in [7, 11) is -3.21. The molecule has 3 rings (SSSR count). The molecule has 2 heterocycles. The van der Waals surface area contributed by atoms with E-state index in [4.69, 9.17) is 5.73 Å². The van der Waals surface area contributed by atoms with E-state index in [9.17, 15) is 13.5 Å². The van der Waals surface area contributed by atoms with Crippen molar-refractivity contribution in [3.63, 3.8) is 0 Å². The molecule has 0 aliphatic rings. The summed E-state index contributed by atoms with van der Waals surface area (Å²) in [6.45, 7) is 0.366. The minimum absolute atomic E-state index is 0.263. The van der Waals surface area contributed by atoms with Crippen molar-refractivity contribution in [2.24, 2.45) is 0 Å². The zero-order chi connectivity index (χ0) is 17.3. The summed E-state index contributed by atoms with van der Waals surface area (Å²) in [6.07, 6.45) is 1.77.